The maximum absolute atomic E-state index is 11.7. The summed E-state index contributed by atoms with van der Waals surface area (Å²) >= 11 is 0. The number of carboxylic acids is 2. The molecular formula is C17H30N2O6. The minimum Gasteiger partial charge on any atom is -0.481 e. The first-order chi connectivity index (χ1) is 11.6. The van der Waals surface area contributed by atoms with Crippen LogP contribution in [0.25, 0.3) is 0 Å². The van der Waals surface area contributed by atoms with Crippen molar-refractivity contribution in [1.82, 2.24) is 10.2 Å². The van der Waals surface area contributed by atoms with Crippen molar-refractivity contribution in [2.45, 2.75) is 52.1 Å². The molecule has 2 atom stereocenters. The molecule has 0 unspecified atom stereocenters. The summed E-state index contributed by atoms with van der Waals surface area (Å²) in [6, 6.07) is 0. The molecule has 144 valence electrons. The van der Waals surface area contributed by atoms with Gasteiger partial charge in [-0.3, -0.25) is 9.59 Å². The predicted octanol–water partition coefficient (Wildman–Crippen LogP) is 1.79. The molecule has 0 bridgehead atoms. The Morgan fingerprint density at radius 1 is 1.04 bits per heavy atom. The van der Waals surface area contributed by atoms with E-state index in [4.69, 9.17) is 14.9 Å². The molecule has 2 aliphatic rings. The van der Waals surface area contributed by atoms with Crippen molar-refractivity contribution in [1.29, 1.82) is 0 Å². The van der Waals surface area contributed by atoms with E-state index in [1.165, 1.54) is 4.90 Å². The number of piperidine rings is 2. The fraction of sp³-hybridized carbons (Fsp3) is 0.824. The summed E-state index contributed by atoms with van der Waals surface area (Å²) in [6.07, 6.45) is 2.77. The van der Waals surface area contributed by atoms with Gasteiger partial charge in [0.05, 0.1) is 11.8 Å². The Morgan fingerprint density at radius 2 is 1.64 bits per heavy atom. The first-order valence-electron chi connectivity index (χ1n) is 8.74. The number of carbonyl (C=O) groups is 3. The van der Waals surface area contributed by atoms with Gasteiger partial charge in [-0.2, -0.15) is 0 Å². The number of ether oxygens (including phenoxy) is 1. The zero-order valence-corrected chi connectivity index (χ0v) is 15.3. The second-order valence-electron chi connectivity index (χ2n) is 7.49. The van der Waals surface area contributed by atoms with Crippen molar-refractivity contribution >= 4 is 18.0 Å². The lowest BCUT2D eigenvalue weighted by Gasteiger charge is -2.32. The van der Waals surface area contributed by atoms with Gasteiger partial charge in [0.15, 0.2) is 0 Å². The first-order valence-corrected chi connectivity index (χ1v) is 8.74. The fourth-order valence-corrected chi connectivity index (χ4v) is 2.73. The van der Waals surface area contributed by atoms with Gasteiger partial charge in [-0.05, 0) is 53.0 Å². The second-order valence-corrected chi connectivity index (χ2v) is 7.49. The number of carboxylic acid groups (broad SMARTS) is 2. The van der Waals surface area contributed by atoms with Crippen molar-refractivity contribution < 1.29 is 29.3 Å². The van der Waals surface area contributed by atoms with Crippen molar-refractivity contribution in [3.8, 4) is 0 Å². The predicted molar refractivity (Wildman–Crippen MR) is 91.4 cm³/mol. The minimum absolute atomic E-state index is 0.140. The van der Waals surface area contributed by atoms with Crippen LogP contribution in [0.2, 0.25) is 0 Å². The maximum Gasteiger partial charge on any atom is 0.410 e. The third-order valence-corrected chi connectivity index (χ3v) is 4.07. The molecule has 2 saturated heterocycles. The van der Waals surface area contributed by atoms with Crippen LogP contribution in [0.5, 0.6) is 0 Å². The highest BCUT2D eigenvalue weighted by molar-refractivity contribution is 5.73. The molecule has 0 saturated carbocycles. The van der Waals surface area contributed by atoms with Gasteiger partial charge in [-0.1, -0.05) is 0 Å². The van der Waals surface area contributed by atoms with Crippen LogP contribution in [-0.2, 0) is 14.3 Å². The summed E-state index contributed by atoms with van der Waals surface area (Å²) in [5.41, 5.74) is -0.534. The van der Waals surface area contributed by atoms with E-state index in [0.29, 0.717) is 19.5 Å². The Labute approximate surface area is 148 Å². The first kappa shape index (κ1) is 21.2. The smallest absolute Gasteiger partial charge is 0.410 e. The summed E-state index contributed by atoms with van der Waals surface area (Å²) in [5.74, 6) is -2.10. The molecule has 8 nitrogen and oxygen atoms in total. The summed E-state index contributed by atoms with van der Waals surface area (Å²) in [5, 5.41) is 20.4. The van der Waals surface area contributed by atoms with Crippen molar-refractivity contribution in [2.75, 3.05) is 26.2 Å². The van der Waals surface area contributed by atoms with E-state index in [0.717, 1.165) is 25.8 Å². The molecule has 25 heavy (non-hydrogen) atoms. The standard InChI is InChI=1S/C11H19NO4.C6H11NO2/c1-11(2,3)16-10(15)12-6-4-5-8(7-12)9(13)14;8-6(9)5-2-1-3-7-4-5/h8H,4-7H2,1-3H3,(H,13,14);5,7H,1-4H2,(H,8,9)/t8-;5-/m00/s1. The summed E-state index contributed by atoms with van der Waals surface area (Å²) in [4.78, 5) is 34.3. The number of amides is 1. The van der Waals surface area contributed by atoms with E-state index in [-0.39, 0.29) is 12.5 Å². The Balaban J connectivity index is 0.000000293. The normalized spacial score (nSPS) is 23.9. The molecule has 0 aliphatic carbocycles. The Kier molecular flexibility index (Phi) is 8.15. The van der Waals surface area contributed by atoms with Crippen LogP contribution < -0.4 is 5.32 Å². The van der Waals surface area contributed by atoms with E-state index < -0.39 is 29.6 Å². The van der Waals surface area contributed by atoms with Gasteiger partial charge in [0.1, 0.15) is 5.60 Å². The van der Waals surface area contributed by atoms with Crippen molar-refractivity contribution in [3.05, 3.63) is 0 Å². The Hall–Kier alpha value is -1.83. The summed E-state index contributed by atoms with van der Waals surface area (Å²) in [7, 11) is 0. The van der Waals surface area contributed by atoms with E-state index in [9.17, 15) is 14.4 Å². The van der Waals surface area contributed by atoms with Gasteiger partial charge in [-0.15, -0.1) is 0 Å². The zero-order chi connectivity index (χ0) is 19.0. The Morgan fingerprint density at radius 3 is 2.08 bits per heavy atom. The fourth-order valence-electron chi connectivity index (χ4n) is 2.73. The number of nitrogens with one attached hydrogen (secondary N) is 1. The topological polar surface area (TPSA) is 116 Å². The van der Waals surface area contributed by atoms with E-state index in [1.54, 1.807) is 20.8 Å². The van der Waals surface area contributed by atoms with Crippen LogP contribution in [0.3, 0.4) is 0 Å². The highest BCUT2D eigenvalue weighted by atomic mass is 16.6. The van der Waals surface area contributed by atoms with Gasteiger partial charge in [0, 0.05) is 19.6 Å². The summed E-state index contributed by atoms with van der Waals surface area (Å²) in [6.45, 7) is 7.85. The number of hydrogen-bond acceptors (Lipinski definition) is 5. The second kappa shape index (κ2) is 9.60. The third-order valence-electron chi connectivity index (χ3n) is 4.07. The molecule has 3 N–H and O–H groups in total. The van der Waals surface area contributed by atoms with Crippen LogP contribution in [0, 0.1) is 11.8 Å². The Bertz CT molecular complexity index is 468. The molecule has 0 aromatic carbocycles. The maximum atomic E-state index is 11.7. The van der Waals surface area contributed by atoms with E-state index in [1.807, 2.05) is 0 Å². The van der Waals surface area contributed by atoms with Crippen molar-refractivity contribution in [3.63, 3.8) is 0 Å². The lowest BCUT2D eigenvalue weighted by Crippen LogP contribution is -2.44. The van der Waals surface area contributed by atoms with Gasteiger partial charge < -0.3 is 25.2 Å². The molecule has 0 aromatic heterocycles. The third kappa shape index (κ3) is 8.20. The molecule has 0 radical (unpaired) electrons. The molecule has 0 spiro atoms. The highest BCUT2D eigenvalue weighted by Crippen LogP contribution is 2.19. The molecular weight excluding hydrogens is 328 g/mol. The number of likely N-dealkylation sites (tertiary alicyclic amines) is 1. The van der Waals surface area contributed by atoms with Crippen LogP contribution in [-0.4, -0.2) is 64.9 Å². The van der Waals surface area contributed by atoms with Crippen molar-refractivity contribution in [2.24, 2.45) is 11.8 Å². The molecule has 0 aromatic rings. The van der Waals surface area contributed by atoms with Gasteiger partial charge in [0.25, 0.3) is 0 Å². The van der Waals surface area contributed by atoms with E-state index >= 15 is 0 Å². The number of carbonyl (C=O) groups excluding carboxylic acids is 1. The average molecular weight is 358 g/mol. The molecule has 8 heteroatoms. The highest BCUT2D eigenvalue weighted by Gasteiger charge is 2.30. The molecule has 2 aliphatic heterocycles. The lowest BCUT2D eigenvalue weighted by molar-refractivity contribution is -0.144. The van der Waals surface area contributed by atoms with Crippen LogP contribution in [0.15, 0.2) is 0 Å². The number of rotatable bonds is 2. The molecule has 2 rings (SSSR count). The molecule has 2 fully saturated rings. The van der Waals surface area contributed by atoms with Crippen LogP contribution in [0.4, 0.5) is 4.79 Å². The monoisotopic (exact) mass is 358 g/mol. The molecule has 1 amide bonds. The molecule has 2 heterocycles. The number of aliphatic carboxylic acids is 2. The zero-order valence-electron chi connectivity index (χ0n) is 15.3. The lowest BCUT2D eigenvalue weighted by atomic mass is 9.99. The summed E-state index contributed by atoms with van der Waals surface area (Å²) < 4.78 is 5.20. The average Bonchev–Trinajstić information content (AvgIpc) is 2.55. The quantitative estimate of drug-likeness (QED) is 0.689. The van der Waals surface area contributed by atoms with Crippen LogP contribution in [0.1, 0.15) is 46.5 Å². The van der Waals surface area contributed by atoms with Gasteiger partial charge in [0.2, 0.25) is 0 Å². The largest absolute Gasteiger partial charge is 0.481 e. The van der Waals surface area contributed by atoms with Crippen LogP contribution >= 0.6 is 0 Å². The minimum atomic E-state index is -0.840. The SMILES string of the molecule is CC(C)(C)OC(=O)N1CCC[C@H](C(=O)O)C1.O=C(O)[C@H]1CCCNC1. The van der Waals surface area contributed by atoms with Gasteiger partial charge >= 0.3 is 18.0 Å². The number of nitrogens with zero attached hydrogens (tertiary/aromatic N) is 1. The van der Waals surface area contributed by atoms with E-state index in [2.05, 4.69) is 5.32 Å². The number of hydrogen-bond donors (Lipinski definition) is 3. The van der Waals surface area contributed by atoms with Gasteiger partial charge in [-0.25, -0.2) is 4.79 Å².